The van der Waals surface area contributed by atoms with Crippen molar-refractivity contribution in [1.29, 1.82) is 0 Å². The molecule has 3 rings (SSSR count). The van der Waals surface area contributed by atoms with Crippen molar-refractivity contribution in [3.8, 4) is 0 Å². The number of aliphatic hydroxyl groups is 3. The summed E-state index contributed by atoms with van der Waals surface area (Å²) in [4.78, 5) is 12.2. The minimum atomic E-state index is -1.65. The number of imidazole rings is 1. The Balaban J connectivity index is 2.24. The van der Waals surface area contributed by atoms with Crippen LogP contribution in [0.15, 0.2) is 12.7 Å². The molecule has 0 radical (unpaired) electrons. The molecule has 1 fully saturated rings. The number of hydrogen-bond acceptors (Lipinski definition) is 8. The summed E-state index contributed by atoms with van der Waals surface area (Å²) in [5, 5.41) is 30.5. The quantitative estimate of drug-likeness (QED) is 0.564. The van der Waals surface area contributed by atoms with Gasteiger partial charge in [-0.3, -0.25) is 4.57 Å². The predicted molar refractivity (Wildman–Crippen MR) is 76.6 cm³/mol. The summed E-state index contributed by atoms with van der Waals surface area (Å²) in [6.07, 6.45) is 0.895. The summed E-state index contributed by atoms with van der Waals surface area (Å²) in [6, 6.07) is 0. The molecule has 2 aromatic heterocycles. The highest BCUT2D eigenvalue weighted by Gasteiger charge is 2.63. The molecule has 0 bridgehead atoms. The van der Waals surface area contributed by atoms with Gasteiger partial charge in [0.2, 0.25) is 0 Å². The fourth-order valence-electron chi connectivity index (χ4n) is 3.19. The van der Waals surface area contributed by atoms with Gasteiger partial charge in [-0.2, -0.15) is 0 Å². The molecule has 1 saturated heterocycles. The molecule has 0 aromatic carbocycles. The number of fused-ring (bicyclic) bond motifs is 1. The molecule has 3 heterocycles. The van der Waals surface area contributed by atoms with Crippen molar-refractivity contribution in [2.75, 3.05) is 12.3 Å². The number of ether oxygens (including phenoxy) is 1. The Bertz CT molecular complexity index is 703. The van der Waals surface area contributed by atoms with Gasteiger partial charge in [0.1, 0.15) is 29.7 Å². The van der Waals surface area contributed by atoms with Crippen LogP contribution in [0.4, 0.5) is 5.82 Å². The highest BCUT2D eigenvalue weighted by atomic mass is 16.6. The number of rotatable bonds is 3. The van der Waals surface area contributed by atoms with Crippen molar-refractivity contribution in [3.63, 3.8) is 0 Å². The number of aliphatic hydroxyl groups excluding tert-OH is 2. The van der Waals surface area contributed by atoms with Crippen LogP contribution in [-0.4, -0.2) is 59.3 Å². The van der Waals surface area contributed by atoms with E-state index in [2.05, 4.69) is 15.0 Å². The van der Waals surface area contributed by atoms with Gasteiger partial charge in [0, 0.05) is 0 Å². The van der Waals surface area contributed by atoms with Crippen LogP contribution >= 0.6 is 0 Å². The van der Waals surface area contributed by atoms with Crippen molar-refractivity contribution in [2.45, 2.75) is 43.8 Å². The fraction of sp³-hybridized carbons (Fsp3) is 0.615. The lowest BCUT2D eigenvalue weighted by Crippen LogP contribution is -2.55. The first kappa shape index (κ1) is 15.1. The maximum atomic E-state index is 10.9. The molecule has 9 heteroatoms. The molecular weight excluding hydrogens is 290 g/mol. The van der Waals surface area contributed by atoms with Crippen LogP contribution in [0.5, 0.6) is 0 Å². The van der Waals surface area contributed by atoms with Crippen LogP contribution in [0, 0.1) is 0 Å². The second-order valence-electron chi connectivity index (χ2n) is 5.61. The lowest BCUT2D eigenvalue weighted by Gasteiger charge is -2.39. The minimum Gasteiger partial charge on any atom is -0.394 e. The molecule has 22 heavy (non-hydrogen) atoms. The van der Waals surface area contributed by atoms with E-state index in [0.717, 1.165) is 0 Å². The van der Waals surface area contributed by atoms with Crippen molar-refractivity contribution in [2.24, 2.45) is 0 Å². The second kappa shape index (κ2) is 4.85. The van der Waals surface area contributed by atoms with Crippen LogP contribution in [0.25, 0.3) is 11.2 Å². The third-order valence-corrected chi connectivity index (χ3v) is 4.48. The van der Waals surface area contributed by atoms with Gasteiger partial charge in [-0.25, -0.2) is 15.0 Å². The Hall–Kier alpha value is -1.81. The molecule has 0 saturated carbocycles. The van der Waals surface area contributed by atoms with E-state index in [4.69, 9.17) is 10.5 Å². The minimum absolute atomic E-state index is 0.215. The van der Waals surface area contributed by atoms with E-state index in [0.29, 0.717) is 17.6 Å². The average molecular weight is 309 g/mol. The van der Waals surface area contributed by atoms with Crippen LogP contribution in [0.1, 0.15) is 20.3 Å². The number of aromatic nitrogens is 4. The lowest BCUT2D eigenvalue weighted by molar-refractivity contribution is -0.188. The van der Waals surface area contributed by atoms with E-state index < -0.39 is 30.1 Å². The normalized spacial score (nSPS) is 35.3. The SMILES string of the molecule is CC[C@@]1(n2cnc3c(N)ncnc32)O[C@H](CO)[C@@H](O)[C@@]1(C)O. The average Bonchev–Trinajstić information content (AvgIpc) is 3.01. The van der Waals surface area contributed by atoms with Crippen LogP contribution < -0.4 is 5.73 Å². The van der Waals surface area contributed by atoms with Gasteiger partial charge in [-0.15, -0.1) is 0 Å². The van der Waals surface area contributed by atoms with Crippen molar-refractivity contribution >= 4 is 17.0 Å². The zero-order valence-corrected chi connectivity index (χ0v) is 12.3. The van der Waals surface area contributed by atoms with Gasteiger partial charge >= 0.3 is 0 Å². The highest BCUT2D eigenvalue weighted by Crippen LogP contribution is 2.46. The summed E-state index contributed by atoms with van der Waals surface area (Å²) in [7, 11) is 0. The molecule has 5 N–H and O–H groups in total. The van der Waals surface area contributed by atoms with E-state index in [1.807, 2.05) is 0 Å². The van der Waals surface area contributed by atoms with Crippen LogP contribution in [0.2, 0.25) is 0 Å². The zero-order valence-electron chi connectivity index (χ0n) is 12.3. The monoisotopic (exact) mass is 309 g/mol. The molecular formula is C13H19N5O4. The topological polar surface area (TPSA) is 140 Å². The zero-order chi connectivity index (χ0) is 16.1. The smallest absolute Gasteiger partial charge is 0.178 e. The van der Waals surface area contributed by atoms with Gasteiger partial charge in [0.25, 0.3) is 0 Å². The third-order valence-electron chi connectivity index (χ3n) is 4.48. The molecule has 0 amide bonds. The van der Waals surface area contributed by atoms with Gasteiger partial charge in [-0.05, 0) is 13.3 Å². The van der Waals surface area contributed by atoms with Crippen molar-refractivity contribution in [1.82, 2.24) is 19.5 Å². The summed E-state index contributed by atoms with van der Waals surface area (Å²) in [5.41, 5.74) is 3.58. The Morgan fingerprint density at radius 3 is 2.73 bits per heavy atom. The maximum Gasteiger partial charge on any atom is 0.178 e. The number of hydrogen-bond donors (Lipinski definition) is 4. The first-order valence-electron chi connectivity index (χ1n) is 7.02. The Morgan fingerprint density at radius 1 is 1.41 bits per heavy atom. The molecule has 0 spiro atoms. The number of nitrogens with zero attached hydrogens (tertiary/aromatic N) is 4. The summed E-state index contributed by atoms with van der Waals surface area (Å²) in [6.45, 7) is 2.85. The molecule has 1 aliphatic rings. The third kappa shape index (κ3) is 1.70. The Kier molecular flexibility index (Phi) is 3.33. The Morgan fingerprint density at radius 2 is 2.14 bits per heavy atom. The predicted octanol–water partition coefficient (Wildman–Crippen LogP) is -1.03. The van der Waals surface area contributed by atoms with Crippen molar-refractivity contribution < 1.29 is 20.1 Å². The molecule has 2 aromatic rings. The fourth-order valence-corrected chi connectivity index (χ4v) is 3.19. The Labute approximate surface area is 126 Å². The van der Waals surface area contributed by atoms with E-state index >= 15 is 0 Å². The lowest BCUT2D eigenvalue weighted by atomic mass is 9.86. The summed E-state index contributed by atoms with van der Waals surface area (Å²) in [5.74, 6) is 0.215. The standard InChI is InChI=1S/C13H19N5O4/c1-3-13(12(2,21)9(20)7(4-19)22-13)18-6-17-8-10(14)15-5-16-11(8)18/h5-7,9,19-21H,3-4H2,1-2H3,(H2,14,15,16)/t7-,9-,12-,13-/m1/s1. The van der Waals surface area contributed by atoms with E-state index in [-0.39, 0.29) is 5.82 Å². The summed E-state index contributed by atoms with van der Waals surface area (Å²) >= 11 is 0. The van der Waals surface area contributed by atoms with E-state index in [9.17, 15) is 15.3 Å². The number of nitrogen functional groups attached to an aromatic ring is 1. The molecule has 1 aliphatic heterocycles. The second-order valence-corrected chi connectivity index (χ2v) is 5.61. The van der Waals surface area contributed by atoms with Gasteiger partial charge < -0.3 is 25.8 Å². The molecule has 9 nitrogen and oxygen atoms in total. The first-order chi connectivity index (χ1) is 10.4. The summed E-state index contributed by atoms with van der Waals surface area (Å²) < 4.78 is 7.38. The van der Waals surface area contributed by atoms with Gasteiger partial charge in [0.15, 0.2) is 17.2 Å². The van der Waals surface area contributed by atoms with Gasteiger partial charge in [-0.1, -0.05) is 6.92 Å². The molecule has 0 aliphatic carbocycles. The highest BCUT2D eigenvalue weighted by molar-refractivity contribution is 5.81. The maximum absolute atomic E-state index is 10.9. The van der Waals surface area contributed by atoms with E-state index in [1.165, 1.54) is 19.6 Å². The molecule has 120 valence electrons. The largest absolute Gasteiger partial charge is 0.394 e. The first-order valence-corrected chi connectivity index (χ1v) is 7.02. The van der Waals surface area contributed by atoms with Crippen LogP contribution in [0.3, 0.4) is 0 Å². The number of nitrogens with two attached hydrogens (primary N) is 1. The molecule has 4 atom stereocenters. The van der Waals surface area contributed by atoms with Gasteiger partial charge in [0.05, 0.1) is 12.9 Å². The van der Waals surface area contributed by atoms with Crippen molar-refractivity contribution in [3.05, 3.63) is 12.7 Å². The number of anilines is 1. The van der Waals surface area contributed by atoms with Crippen LogP contribution in [-0.2, 0) is 10.5 Å². The molecule has 0 unspecified atom stereocenters. The van der Waals surface area contributed by atoms with E-state index in [1.54, 1.807) is 11.5 Å².